The fraction of sp³-hybridized carbons (Fsp3) is 0.0526. The Kier molecular flexibility index (Phi) is 4.53. The molecule has 0 unspecified atom stereocenters. The number of pyridine rings is 1. The van der Waals surface area contributed by atoms with Crippen molar-refractivity contribution in [3.05, 3.63) is 83.9 Å². The van der Waals surface area contributed by atoms with Crippen LogP contribution in [0.2, 0.25) is 0 Å². The van der Waals surface area contributed by atoms with Crippen molar-refractivity contribution in [1.82, 2.24) is 4.98 Å². The quantitative estimate of drug-likeness (QED) is 0.642. The molecule has 0 amide bonds. The monoisotopic (exact) mass is 302 g/mol. The summed E-state index contributed by atoms with van der Waals surface area (Å²) in [7, 11) is 0. The summed E-state index contributed by atoms with van der Waals surface area (Å²) >= 11 is 1.60. The number of nitriles is 1. The van der Waals surface area contributed by atoms with Gasteiger partial charge in [-0.15, -0.1) is 11.8 Å². The Balaban J connectivity index is 1.87. The van der Waals surface area contributed by atoms with E-state index in [0.29, 0.717) is 5.56 Å². The topological polar surface area (TPSA) is 36.7 Å². The zero-order chi connectivity index (χ0) is 15.2. The van der Waals surface area contributed by atoms with Gasteiger partial charge in [0.15, 0.2) is 0 Å². The highest BCUT2D eigenvalue weighted by Crippen LogP contribution is 2.27. The summed E-state index contributed by atoms with van der Waals surface area (Å²) in [6.45, 7) is 0. The van der Waals surface area contributed by atoms with Crippen molar-refractivity contribution in [2.45, 2.75) is 10.8 Å². The molecule has 22 heavy (non-hydrogen) atoms. The van der Waals surface area contributed by atoms with E-state index in [1.807, 2.05) is 60.7 Å². The van der Waals surface area contributed by atoms with Crippen LogP contribution in [0.3, 0.4) is 0 Å². The molecule has 0 saturated carbocycles. The van der Waals surface area contributed by atoms with Crippen molar-refractivity contribution >= 4 is 11.8 Å². The third-order valence-corrected chi connectivity index (χ3v) is 4.33. The van der Waals surface area contributed by atoms with Crippen LogP contribution in [-0.2, 0) is 5.75 Å². The number of rotatable bonds is 4. The van der Waals surface area contributed by atoms with E-state index >= 15 is 0 Å². The van der Waals surface area contributed by atoms with Gasteiger partial charge >= 0.3 is 0 Å². The largest absolute Gasteiger partial charge is 0.240 e. The van der Waals surface area contributed by atoms with Gasteiger partial charge in [-0.2, -0.15) is 5.26 Å². The summed E-state index contributed by atoms with van der Waals surface area (Å²) in [6.07, 6.45) is 0. The molecule has 1 aromatic heterocycles. The van der Waals surface area contributed by atoms with E-state index in [-0.39, 0.29) is 0 Å². The minimum absolute atomic E-state index is 0.626. The second kappa shape index (κ2) is 6.93. The highest BCUT2D eigenvalue weighted by molar-refractivity contribution is 7.98. The SMILES string of the molecule is N#Cc1ccc(-c2ccccc2)nc1SCc1ccccc1. The molecule has 1 heterocycles. The van der Waals surface area contributed by atoms with Crippen LogP contribution in [-0.4, -0.2) is 4.98 Å². The minimum Gasteiger partial charge on any atom is -0.240 e. The molecule has 0 bridgehead atoms. The molecule has 2 aromatic carbocycles. The van der Waals surface area contributed by atoms with Crippen LogP contribution < -0.4 is 0 Å². The van der Waals surface area contributed by atoms with Crippen molar-refractivity contribution < 1.29 is 0 Å². The minimum atomic E-state index is 0.626. The fourth-order valence-electron chi connectivity index (χ4n) is 2.13. The van der Waals surface area contributed by atoms with Crippen LogP contribution in [0.25, 0.3) is 11.3 Å². The second-order valence-corrected chi connectivity index (χ2v) is 5.77. The van der Waals surface area contributed by atoms with Gasteiger partial charge < -0.3 is 0 Å². The smallest absolute Gasteiger partial charge is 0.115 e. The predicted molar refractivity (Wildman–Crippen MR) is 90.4 cm³/mol. The summed E-state index contributed by atoms with van der Waals surface area (Å²) in [4.78, 5) is 4.67. The van der Waals surface area contributed by atoms with E-state index in [1.54, 1.807) is 11.8 Å². The summed E-state index contributed by atoms with van der Waals surface area (Å²) in [5.41, 5.74) is 3.81. The average Bonchev–Trinajstić information content (AvgIpc) is 2.61. The molecule has 106 valence electrons. The van der Waals surface area contributed by atoms with Crippen molar-refractivity contribution in [2.75, 3.05) is 0 Å². The summed E-state index contributed by atoms with van der Waals surface area (Å²) in [5, 5.41) is 10.1. The molecule has 0 saturated heterocycles. The van der Waals surface area contributed by atoms with Crippen molar-refractivity contribution in [3.8, 4) is 17.3 Å². The third kappa shape index (κ3) is 3.36. The molecular formula is C19H14N2S. The summed E-state index contributed by atoms with van der Waals surface area (Å²) < 4.78 is 0. The van der Waals surface area contributed by atoms with Crippen LogP contribution >= 0.6 is 11.8 Å². The fourth-order valence-corrected chi connectivity index (χ4v) is 3.06. The first-order valence-corrected chi connectivity index (χ1v) is 7.98. The van der Waals surface area contributed by atoms with Gasteiger partial charge in [0.05, 0.1) is 11.3 Å². The Morgan fingerprint density at radius 3 is 2.23 bits per heavy atom. The maximum atomic E-state index is 9.27. The van der Waals surface area contributed by atoms with E-state index in [0.717, 1.165) is 22.0 Å². The molecule has 0 aliphatic carbocycles. The van der Waals surface area contributed by atoms with Gasteiger partial charge in [-0.25, -0.2) is 4.98 Å². The van der Waals surface area contributed by atoms with Crippen LogP contribution in [0.5, 0.6) is 0 Å². The van der Waals surface area contributed by atoms with Gasteiger partial charge in [-0.05, 0) is 17.7 Å². The maximum Gasteiger partial charge on any atom is 0.115 e. The number of benzene rings is 2. The molecule has 0 radical (unpaired) electrons. The van der Waals surface area contributed by atoms with Crippen molar-refractivity contribution in [2.24, 2.45) is 0 Å². The van der Waals surface area contributed by atoms with Gasteiger partial charge in [0.2, 0.25) is 0 Å². The average molecular weight is 302 g/mol. The lowest BCUT2D eigenvalue weighted by Crippen LogP contribution is -1.91. The molecular weight excluding hydrogens is 288 g/mol. The van der Waals surface area contributed by atoms with Crippen molar-refractivity contribution in [3.63, 3.8) is 0 Å². The van der Waals surface area contributed by atoms with Gasteiger partial charge in [0, 0.05) is 11.3 Å². The Labute approximate surface area is 134 Å². The predicted octanol–water partition coefficient (Wildman–Crippen LogP) is 4.91. The van der Waals surface area contributed by atoms with E-state index in [9.17, 15) is 5.26 Å². The molecule has 0 aliphatic rings. The highest BCUT2D eigenvalue weighted by Gasteiger charge is 2.08. The first-order valence-electron chi connectivity index (χ1n) is 7.00. The van der Waals surface area contributed by atoms with Crippen LogP contribution in [0.15, 0.2) is 77.8 Å². The molecule has 3 heteroatoms. The summed E-state index contributed by atoms with van der Waals surface area (Å²) in [5.74, 6) is 0.806. The first kappa shape index (κ1) is 14.4. The molecule has 0 atom stereocenters. The molecule has 2 nitrogen and oxygen atoms in total. The molecule has 0 fully saturated rings. The number of hydrogen-bond acceptors (Lipinski definition) is 3. The Morgan fingerprint density at radius 1 is 0.864 bits per heavy atom. The Bertz CT molecular complexity index is 793. The lowest BCUT2D eigenvalue weighted by Gasteiger charge is -2.07. The number of nitrogens with zero attached hydrogens (tertiary/aromatic N) is 2. The number of thioether (sulfide) groups is 1. The molecule has 3 aromatic rings. The third-order valence-electron chi connectivity index (χ3n) is 3.27. The first-order chi connectivity index (χ1) is 10.9. The molecule has 0 N–H and O–H groups in total. The van der Waals surface area contributed by atoms with Crippen molar-refractivity contribution in [1.29, 1.82) is 5.26 Å². The zero-order valence-electron chi connectivity index (χ0n) is 11.9. The van der Waals surface area contributed by atoms with E-state index < -0.39 is 0 Å². The Hall–Kier alpha value is -2.57. The number of hydrogen-bond donors (Lipinski definition) is 0. The standard InChI is InChI=1S/C19H14N2S/c20-13-17-11-12-18(16-9-5-2-6-10-16)21-19(17)22-14-15-7-3-1-4-8-15/h1-12H,14H2. The van der Waals surface area contributed by atoms with Crippen LogP contribution in [0.4, 0.5) is 0 Å². The van der Waals surface area contributed by atoms with Gasteiger partial charge in [0.1, 0.15) is 11.1 Å². The van der Waals surface area contributed by atoms with E-state index in [1.165, 1.54) is 5.56 Å². The van der Waals surface area contributed by atoms with E-state index in [2.05, 4.69) is 23.2 Å². The lowest BCUT2D eigenvalue weighted by molar-refractivity contribution is 1.11. The maximum absolute atomic E-state index is 9.27. The van der Waals surface area contributed by atoms with Gasteiger partial charge in [-0.1, -0.05) is 60.7 Å². The van der Waals surface area contributed by atoms with Gasteiger partial charge in [0.25, 0.3) is 0 Å². The Morgan fingerprint density at radius 2 is 1.55 bits per heavy atom. The van der Waals surface area contributed by atoms with Gasteiger partial charge in [-0.3, -0.25) is 0 Å². The molecule has 0 spiro atoms. The number of aromatic nitrogens is 1. The highest BCUT2D eigenvalue weighted by atomic mass is 32.2. The lowest BCUT2D eigenvalue weighted by atomic mass is 10.1. The normalized spacial score (nSPS) is 10.1. The zero-order valence-corrected chi connectivity index (χ0v) is 12.8. The van der Waals surface area contributed by atoms with Crippen LogP contribution in [0.1, 0.15) is 11.1 Å². The molecule has 3 rings (SSSR count). The summed E-state index contributed by atoms with van der Waals surface area (Å²) in [6, 6.07) is 26.2. The van der Waals surface area contributed by atoms with E-state index in [4.69, 9.17) is 0 Å². The molecule has 0 aliphatic heterocycles. The second-order valence-electron chi connectivity index (χ2n) is 4.80. The van der Waals surface area contributed by atoms with Crippen LogP contribution in [0, 0.1) is 11.3 Å².